The van der Waals surface area contributed by atoms with Gasteiger partial charge in [-0.15, -0.1) is 0 Å². The first-order valence-corrected chi connectivity index (χ1v) is 0. The largest absolute Gasteiger partial charge is 0.412 e. The van der Waals surface area contributed by atoms with Crippen LogP contribution in [0, 0.1) is 43.9 Å². The van der Waals surface area contributed by atoms with E-state index < -0.39 is 0 Å². The van der Waals surface area contributed by atoms with Crippen molar-refractivity contribution in [2.75, 3.05) is 0 Å². The molecule has 0 aliphatic heterocycles. The Hall–Kier alpha value is 1.09. The van der Waals surface area contributed by atoms with Crippen LogP contribution < -0.4 is 6.15 Å². The fourth-order valence-electron chi connectivity index (χ4n) is 0. The molecule has 0 aromatic carbocycles. The third-order valence-corrected chi connectivity index (χ3v) is 0. The summed E-state index contributed by atoms with van der Waals surface area (Å²) in [6, 6.07) is 0. The van der Waals surface area contributed by atoms with Crippen LogP contribution in [-0.4, -0.2) is 5.48 Å². The average Bonchev–Trinajstić information content (AvgIpc) is 0. The van der Waals surface area contributed by atoms with E-state index in [1.807, 2.05) is 0 Å². The van der Waals surface area contributed by atoms with E-state index in [9.17, 15) is 0 Å². The molecule has 4 heavy (non-hydrogen) atoms. The maximum absolute atomic E-state index is 0. The van der Waals surface area contributed by atoms with E-state index in [2.05, 4.69) is 0 Å². The molecule has 0 radical (unpaired) electrons. The molecular formula is H5ArHeNO. The minimum absolute atomic E-state index is 0. The summed E-state index contributed by atoms with van der Waals surface area (Å²) in [6.07, 6.45) is 0. The van der Waals surface area contributed by atoms with Crippen molar-refractivity contribution in [3.05, 3.63) is 0 Å². The van der Waals surface area contributed by atoms with Crippen LogP contribution in [0.25, 0.3) is 0 Å². The topological polar surface area (TPSA) is 66.5 Å². The van der Waals surface area contributed by atoms with E-state index in [4.69, 9.17) is 0 Å². The van der Waals surface area contributed by atoms with Gasteiger partial charge in [-0.25, -0.2) is 0 Å². The average molecular weight is 79.0 g/mol. The Bertz CT molecular complexity index is 8.00. The van der Waals surface area contributed by atoms with Gasteiger partial charge in [0.05, 0.1) is 0 Å². The molecule has 2 nitrogen and oxygen atoms in total. The Kier molecular flexibility index (Phi) is 590. The standard InChI is InChI=1S/Ar.He.H3N.H2O/h;;1H3;1H2. The van der Waals surface area contributed by atoms with Gasteiger partial charge in [0.1, 0.15) is 0 Å². The first-order chi connectivity index (χ1) is 0. The molecule has 0 spiro atoms. The van der Waals surface area contributed by atoms with Gasteiger partial charge in [-0.1, -0.05) is 0 Å². The zero-order chi connectivity index (χ0) is 0. The molecule has 0 aliphatic rings. The summed E-state index contributed by atoms with van der Waals surface area (Å²) in [6.45, 7) is 0. The van der Waals surface area contributed by atoms with Crippen molar-refractivity contribution in [1.29, 1.82) is 0 Å². The van der Waals surface area contributed by atoms with E-state index in [0.717, 1.165) is 0 Å². The Balaban J connectivity index is 0. The molecule has 0 aromatic rings. The molecule has 0 aliphatic carbocycles. The molecule has 26 valence electrons. The third kappa shape index (κ3) is 11.4. The van der Waals surface area contributed by atoms with Gasteiger partial charge in [0.15, 0.2) is 0 Å². The summed E-state index contributed by atoms with van der Waals surface area (Å²) >= 11 is 0. The van der Waals surface area contributed by atoms with Crippen molar-refractivity contribution < 1.29 is 49.4 Å². The molecule has 0 aromatic heterocycles. The molecule has 0 fully saturated rings. The number of hydrogen-bond donors (Lipinski definition) is 1. The van der Waals surface area contributed by atoms with Crippen molar-refractivity contribution in [2.45, 2.75) is 0 Å². The van der Waals surface area contributed by atoms with Crippen LogP contribution >= 0.6 is 0 Å². The van der Waals surface area contributed by atoms with E-state index in [-0.39, 0.29) is 55.5 Å². The Morgan fingerprint density at radius 2 is 1.00 bits per heavy atom. The summed E-state index contributed by atoms with van der Waals surface area (Å²) < 4.78 is 0. The molecular weight excluding hydrogens is 74.0 g/mol. The van der Waals surface area contributed by atoms with E-state index in [0.29, 0.717) is 0 Å². The molecule has 0 bridgehead atoms. The van der Waals surface area contributed by atoms with Gasteiger partial charge in [-0.05, 0) is 0 Å². The molecule has 0 heterocycles. The molecule has 0 saturated heterocycles. The van der Waals surface area contributed by atoms with Crippen LogP contribution in [0.3, 0.4) is 0 Å². The van der Waals surface area contributed by atoms with Crippen molar-refractivity contribution >= 4 is 0 Å². The van der Waals surface area contributed by atoms with Gasteiger partial charge >= 0.3 is 0 Å². The second-order valence-electron chi connectivity index (χ2n) is 0. The minimum Gasteiger partial charge on any atom is -0.412 e. The fourth-order valence-corrected chi connectivity index (χ4v) is 0. The van der Waals surface area contributed by atoms with E-state index >= 15 is 0 Å². The van der Waals surface area contributed by atoms with Crippen LogP contribution in [0.1, 0.15) is 0 Å². The van der Waals surface area contributed by atoms with Gasteiger partial charge in [-0.3, -0.25) is 0 Å². The van der Waals surface area contributed by atoms with Gasteiger partial charge in [0.25, 0.3) is 0 Å². The van der Waals surface area contributed by atoms with Crippen LogP contribution in [-0.2, 0) is 0 Å². The van der Waals surface area contributed by atoms with Crippen LogP contribution in [0.4, 0.5) is 0 Å². The molecule has 5 N–H and O–H groups in total. The number of hydrogen-bond acceptors (Lipinski definition) is 1. The molecule has 0 atom stereocenters. The summed E-state index contributed by atoms with van der Waals surface area (Å²) in [5.74, 6) is 0. The first-order valence-electron chi connectivity index (χ1n) is 0. The van der Waals surface area contributed by atoms with Gasteiger partial charge < -0.3 is 11.6 Å². The van der Waals surface area contributed by atoms with Crippen molar-refractivity contribution in [3.8, 4) is 0 Å². The SMILES string of the molecule is N.O.[Ar].[He]. The summed E-state index contributed by atoms with van der Waals surface area (Å²) in [7, 11) is 0. The van der Waals surface area contributed by atoms with Crippen LogP contribution in [0.2, 0.25) is 0 Å². The smallest absolute Gasteiger partial charge is 0 e. The van der Waals surface area contributed by atoms with E-state index in [1.165, 1.54) is 0 Å². The van der Waals surface area contributed by atoms with Gasteiger partial charge in [-0.2, -0.15) is 0 Å². The predicted octanol–water partition coefficient (Wildman–Crippen LogP) is -0.663. The summed E-state index contributed by atoms with van der Waals surface area (Å²) in [4.78, 5) is 0. The summed E-state index contributed by atoms with van der Waals surface area (Å²) in [5, 5.41) is 0. The molecule has 0 unspecified atom stereocenters. The number of rotatable bonds is 0. The van der Waals surface area contributed by atoms with Crippen LogP contribution in [0.15, 0.2) is 0 Å². The Morgan fingerprint density at radius 1 is 1.00 bits per heavy atom. The second kappa shape index (κ2) is 32.9. The van der Waals surface area contributed by atoms with Crippen molar-refractivity contribution in [1.82, 2.24) is 6.15 Å². The maximum atomic E-state index is 0. The maximum Gasteiger partial charge on any atom is 0 e. The monoisotopic (exact) mass is 79.0 g/mol. The van der Waals surface area contributed by atoms with Gasteiger partial charge in [0, 0.05) is 43.9 Å². The zero-order valence-corrected chi connectivity index (χ0v) is 2.97. The molecule has 0 rings (SSSR count). The zero-order valence-electron chi connectivity index (χ0n) is 2.27. The Labute approximate surface area is 55.2 Å². The molecule has 4 heteroatoms. The Morgan fingerprint density at radius 3 is 1.00 bits per heavy atom. The summed E-state index contributed by atoms with van der Waals surface area (Å²) in [5.41, 5.74) is 0. The quantitative estimate of drug-likeness (QED) is 0.411. The fraction of sp³-hybridized carbons (Fsp3) is 0. The molecule has 0 saturated carbocycles. The van der Waals surface area contributed by atoms with Crippen LogP contribution in [0.5, 0.6) is 0 Å². The first kappa shape index (κ1) is 71.8. The molecule has 0 amide bonds. The van der Waals surface area contributed by atoms with Crippen molar-refractivity contribution in [2.24, 2.45) is 0 Å². The van der Waals surface area contributed by atoms with E-state index in [1.54, 1.807) is 0 Å². The normalized spacial score (nSPS) is 0. The van der Waals surface area contributed by atoms with Crippen molar-refractivity contribution in [3.63, 3.8) is 0 Å². The van der Waals surface area contributed by atoms with Gasteiger partial charge in [0.2, 0.25) is 0 Å². The second-order valence-corrected chi connectivity index (χ2v) is 0. The third-order valence-electron chi connectivity index (χ3n) is 0. The predicted molar refractivity (Wildman–Crippen MR) is 8.64 cm³/mol. The minimum atomic E-state index is 0.